The lowest BCUT2D eigenvalue weighted by atomic mass is 9.96. The van der Waals surface area contributed by atoms with E-state index in [0.717, 1.165) is 12.8 Å². The van der Waals surface area contributed by atoms with Gasteiger partial charge in [-0.25, -0.2) is 0 Å². The maximum atomic E-state index is 12.2. The monoisotopic (exact) mass is 240 g/mol. The first kappa shape index (κ1) is 14.0. The van der Waals surface area contributed by atoms with E-state index >= 15 is 0 Å². The van der Waals surface area contributed by atoms with Crippen molar-refractivity contribution in [3.8, 4) is 0 Å². The summed E-state index contributed by atoms with van der Waals surface area (Å²) in [6, 6.07) is -0.619. The van der Waals surface area contributed by atoms with Gasteiger partial charge in [0, 0.05) is 6.54 Å². The third kappa shape index (κ3) is 2.99. The lowest BCUT2D eigenvalue weighted by Gasteiger charge is -2.40. The molecule has 0 aromatic carbocycles. The molecule has 1 N–H and O–H groups in total. The number of piperazine rings is 1. The van der Waals surface area contributed by atoms with Gasteiger partial charge in [-0.2, -0.15) is 0 Å². The number of carbonyl (C=O) groups excluding carboxylic acids is 2. The van der Waals surface area contributed by atoms with E-state index in [-0.39, 0.29) is 29.8 Å². The van der Waals surface area contributed by atoms with E-state index in [0.29, 0.717) is 13.0 Å². The number of hydrogen-bond donors (Lipinski definition) is 1. The summed E-state index contributed by atoms with van der Waals surface area (Å²) in [4.78, 5) is 26.0. The second-order valence-corrected chi connectivity index (χ2v) is 5.04. The summed E-state index contributed by atoms with van der Waals surface area (Å²) < 4.78 is 0. The smallest absolute Gasteiger partial charge is 0.245 e. The van der Waals surface area contributed by atoms with Crippen LogP contribution in [-0.4, -0.2) is 35.3 Å². The van der Waals surface area contributed by atoms with Crippen LogP contribution in [0.3, 0.4) is 0 Å². The highest BCUT2D eigenvalue weighted by atomic mass is 16.2. The minimum Gasteiger partial charge on any atom is -0.343 e. The van der Waals surface area contributed by atoms with Crippen LogP contribution in [0.2, 0.25) is 0 Å². The molecular formula is C13H24N2O2. The van der Waals surface area contributed by atoms with Gasteiger partial charge in [-0.15, -0.1) is 0 Å². The first-order chi connectivity index (χ1) is 8.02. The van der Waals surface area contributed by atoms with Gasteiger partial charge in [0.25, 0.3) is 0 Å². The van der Waals surface area contributed by atoms with Crippen molar-refractivity contribution >= 4 is 11.8 Å². The molecule has 0 spiro atoms. The van der Waals surface area contributed by atoms with Gasteiger partial charge >= 0.3 is 0 Å². The lowest BCUT2D eigenvalue weighted by Crippen LogP contribution is -2.64. The Kier molecular flexibility index (Phi) is 4.97. The first-order valence-corrected chi connectivity index (χ1v) is 6.63. The molecule has 2 atom stereocenters. The Labute approximate surface area is 104 Å². The van der Waals surface area contributed by atoms with Gasteiger partial charge in [-0.3, -0.25) is 9.59 Å². The van der Waals surface area contributed by atoms with Gasteiger partial charge in [-0.05, 0) is 18.8 Å². The summed E-state index contributed by atoms with van der Waals surface area (Å²) in [7, 11) is 0. The van der Waals surface area contributed by atoms with E-state index < -0.39 is 0 Å². The standard InChI is InChI=1S/C13H24N2O2/c1-5-7-8-15-11(9(3)4)12(16)14-10(6-2)13(15)17/h9-11H,5-8H2,1-4H3,(H,14,16). The first-order valence-electron chi connectivity index (χ1n) is 6.63. The Hall–Kier alpha value is -1.06. The molecule has 1 saturated heterocycles. The summed E-state index contributed by atoms with van der Waals surface area (Å²) in [5, 5.41) is 2.82. The quantitative estimate of drug-likeness (QED) is 0.792. The van der Waals surface area contributed by atoms with Crippen LogP contribution >= 0.6 is 0 Å². The summed E-state index contributed by atoms with van der Waals surface area (Å²) >= 11 is 0. The van der Waals surface area contributed by atoms with Crippen LogP contribution in [0, 0.1) is 5.92 Å². The molecule has 4 nitrogen and oxygen atoms in total. The van der Waals surface area contributed by atoms with Crippen molar-refractivity contribution in [2.45, 2.75) is 59.0 Å². The molecule has 0 radical (unpaired) electrons. The van der Waals surface area contributed by atoms with Gasteiger partial charge in [0.15, 0.2) is 0 Å². The third-order valence-corrected chi connectivity index (χ3v) is 3.29. The van der Waals surface area contributed by atoms with Crippen LogP contribution in [0.4, 0.5) is 0 Å². The maximum Gasteiger partial charge on any atom is 0.245 e. The molecule has 0 saturated carbocycles. The minimum absolute atomic E-state index is 0.00236. The van der Waals surface area contributed by atoms with Gasteiger partial charge in [0.05, 0.1) is 0 Å². The van der Waals surface area contributed by atoms with Crippen molar-refractivity contribution in [2.75, 3.05) is 6.54 Å². The number of nitrogens with zero attached hydrogens (tertiary/aromatic N) is 1. The number of carbonyl (C=O) groups is 2. The Balaban J connectivity index is 2.87. The van der Waals surface area contributed by atoms with Crippen molar-refractivity contribution in [1.82, 2.24) is 10.2 Å². The number of hydrogen-bond acceptors (Lipinski definition) is 2. The molecule has 0 bridgehead atoms. The third-order valence-electron chi connectivity index (χ3n) is 3.29. The molecule has 17 heavy (non-hydrogen) atoms. The Bertz CT molecular complexity index is 289. The van der Waals surface area contributed by atoms with E-state index in [1.807, 2.05) is 20.8 Å². The summed E-state index contributed by atoms with van der Waals surface area (Å²) in [5.74, 6) is 0.246. The molecule has 1 fully saturated rings. The molecule has 98 valence electrons. The van der Waals surface area contributed by atoms with Crippen molar-refractivity contribution in [1.29, 1.82) is 0 Å². The molecular weight excluding hydrogens is 216 g/mol. The highest BCUT2D eigenvalue weighted by Gasteiger charge is 2.40. The Morgan fingerprint density at radius 2 is 1.94 bits per heavy atom. The highest BCUT2D eigenvalue weighted by Crippen LogP contribution is 2.19. The largest absolute Gasteiger partial charge is 0.343 e. The zero-order valence-corrected chi connectivity index (χ0v) is 11.3. The van der Waals surface area contributed by atoms with Crippen LogP contribution in [0.25, 0.3) is 0 Å². The molecule has 0 aliphatic carbocycles. The van der Waals surface area contributed by atoms with Crippen molar-refractivity contribution in [3.05, 3.63) is 0 Å². The number of nitrogens with one attached hydrogen (secondary N) is 1. The normalized spacial score (nSPS) is 25.4. The van der Waals surface area contributed by atoms with E-state index in [2.05, 4.69) is 12.2 Å². The van der Waals surface area contributed by atoms with E-state index in [4.69, 9.17) is 0 Å². The van der Waals surface area contributed by atoms with E-state index in [1.165, 1.54) is 0 Å². The SMILES string of the molecule is CCCCN1C(=O)C(CC)NC(=O)C1C(C)C. The topological polar surface area (TPSA) is 49.4 Å². The molecule has 2 unspecified atom stereocenters. The molecule has 4 heteroatoms. The summed E-state index contributed by atoms with van der Waals surface area (Å²) in [6.07, 6.45) is 2.66. The number of unbranched alkanes of at least 4 members (excludes halogenated alkanes) is 1. The zero-order chi connectivity index (χ0) is 13.0. The van der Waals surface area contributed by atoms with Crippen LogP contribution in [0.1, 0.15) is 47.0 Å². The van der Waals surface area contributed by atoms with Crippen LogP contribution < -0.4 is 5.32 Å². The van der Waals surface area contributed by atoms with Gasteiger partial charge < -0.3 is 10.2 Å². The fourth-order valence-corrected chi connectivity index (χ4v) is 2.31. The lowest BCUT2D eigenvalue weighted by molar-refractivity contribution is -0.151. The second-order valence-electron chi connectivity index (χ2n) is 5.04. The van der Waals surface area contributed by atoms with Crippen LogP contribution in [0.5, 0.6) is 0 Å². The molecule has 0 aromatic rings. The minimum atomic E-state index is -0.325. The fraction of sp³-hybridized carbons (Fsp3) is 0.846. The molecule has 1 aliphatic heterocycles. The number of rotatable bonds is 5. The maximum absolute atomic E-state index is 12.2. The average molecular weight is 240 g/mol. The fourth-order valence-electron chi connectivity index (χ4n) is 2.31. The molecule has 1 rings (SSSR count). The zero-order valence-electron chi connectivity index (χ0n) is 11.3. The summed E-state index contributed by atoms with van der Waals surface area (Å²) in [5.41, 5.74) is 0. The van der Waals surface area contributed by atoms with E-state index in [1.54, 1.807) is 4.90 Å². The van der Waals surface area contributed by atoms with Crippen molar-refractivity contribution < 1.29 is 9.59 Å². The molecule has 2 amide bonds. The Morgan fingerprint density at radius 1 is 1.29 bits per heavy atom. The molecule has 0 aromatic heterocycles. The molecule has 1 heterocycles. The van der Waals surface area contributed by atoms with Crippen molar-refractivity contribution in [3.63, 3.8) is 0 Å². The number of amides is 2. The predicted molar refractivity (Wildman–Crippen MR) is 67.5 cm³/mol. The summed E-state index contributed by atoms with van der Waals surface area (Å²) in [6.45, 7) is 8.69. The van der Waals surface area contributed by atoms with Gasteiger partial charge in [0.1, 0.15) is 12.1 Å². The molecule has 1 aliphatic rings. The Morgan fingerprint density at radius 3 is 2.41 bits per heavy atom. The van der Waals surface area contributed by atoms with Crippen LogP contribution in [-0.2, 0) is 9.59 Å². The van der Waals surface area contributed by atoms with Gasteiger partial charge in [-0.1, -0.05) is 34.1 Å². The van der Waals surface area contributed by atoms with Crippen molar-refractivity contribution in [2.24, 2.45) is 5.92 Å². The second kappa shape index (κ2) is 6.03. The van der Waals surface area contributed by atoms with Crippen LogP contribution in [0.15, 0.2) is 0 Å². The predicted octanol–water partition coefficient (Wildman–Crippen LogP) is 1.55. The van der Waals surface area contributed by atoms with E-state index in [9.17, 15) is 9.59 Å². The van der Waals surface area contributed by atoms with Gasteiger partial charge in [0.2, 0.25) is 11.8 Å². The average Bonchev–Trinajstić information content (AvgIpc) is 2.28. The highest BCUT2D eigenvalue weighted by molar-refractivity contribution is 5.97.